The summed E-state index contributed by atoms with van der Waals surface area (Å²) in [7, 11) is 1.87. The van der Waals surface area contributed by atoms with Crippen molar-refractivity contribution in [2.75, 3.05) is 51.2 Å². The van der Waals surface area contributed by atoms with Gasteiger partial charge in [0, 0.05) is 45.5 Å². The number of piperidine rings is 1. The number of hydrogen-bond donors (Lipinski definition) is 2. The van der Waals surface area contributed by atoms with Crippen LogP contribution in [0.2, 0.25) is 0 Å². The van der Waals surface area contributed by atoms with E-state index >= 15 is 0 Å². The summed E-state index contributed by atoms with van der Waals surface area (Å²) < 4.78 is 0. The Kier molecular flexibility index (Phi) is 10.7. The van der Waals surface area contributed by atoms with Crippen LogP contribution in [0.5, 0.6) is 0 Å². The average molecular weight is 528 g/mol. The zero-order valence-electron chi connectivity index (χ0n) is 19.4. The molecule has 2 atom stereocenters. The number of benzene rings is 1. The van der Waals surface area contributed by atoms with Gasteiger partial charge in [-0.3, -0.25) is 4.99 Å². The van der Waals surface area contributed by atoms with Crippen molar-refractivity contribution in [1.82, 2.24) is 15.5 Å². The van der Waals surface area contributed by atoms with Gasteiger partial charge in [-0.15, -0.1) is 24.0 Å². The fourth-order valence-corrected chi connectivity index (χ4v) is 4.69. The van der Waals surface area contributed by atoms with E-state index in [9.17, 15) is 0 Å². The number of aliphatic imine (C=N–C) groups is 1. The minimum absolute atomic E-state index is 0. The molecule has 2 N–H and O–H groups in total. The fraction of sp³-hybridized carbons (Fsp3) is 0.708. The highest BCUT2D eigenvalue weighted by Gasteiger charge is 2.21. The van der Waals surface area contributed by atoms with Gasteiger partial charge in [-0.05, 0) is 68.7 Å². The van der Waals surface area contributed by atoms with Crippen LogP contribution in [-0.4, -0.2) is 57.2 Å². The second-order valence-electron chi connectivity index (χ2n) is 9.27. The third kappa shape index (κ3) is 7.59. The summed E-state index contributed by atoms with van der Waals surface area (Å²) in [5, 5.41) is 7.18. The van der Waals surface area contributed by atoms with Crippen molar-refractivity contribution in [2.45, 2.75) is 52.5 Å². The molecule has 0 saturated carbocycles. The number of anilines is 1. The standard InChI is InChI=1S/C24H41N5.HI/c1-19(2)17-28-12-8-9-21(18-28)16-26-24(25-4)27-20(3)22-10-7-11-23(15-22)29-13-5-6-14-29;/h7,10-11,15,19-21H,5-6,8-9,12-14,16-18H2,1-4H3,(H2,25,26,27);1H. The largest absolute Gasteiger partial charge is 0.372 e. The van der Waals surface area contributed by atoms with Crippen LogP contribution in [0.25, 0.3) is 0 Å². The van der Waals surface area contributed by atoms with Crippen molar-refractivity contribution < 1.29 is 0 Å². The summed E-state index contributed by atoms with van der Waals surface area (Å²) in [6.45, 7) is 13.9. The maximum atomic E-state index is 4.48. The van der Waals surface area contributed by atoms with Gasteiger partial charge in [0.1, 0.15) is 0 Å². The Labute approximate surface area is 201 Å². The molecule has 2 aliphatic heterocycles. The van der Waals surface area contributed by atoms with Crippen molar-refractivity contribution in [2.24, 2.45) is 16.8 Å². The highest BCUT2D eigenvalue weighted by atomic mass is 127. The van der Waals surface area contributed by atoms with Gasteiger partial charge in [0.15, 0.2) is 5.96 Å². The predicted molar refractivity (Wildman–Crippen MR) is 140 cm³/mol. The Bertz CT molecular complexity index is 657. The Morgan fingerprint density at radius 3 is 2.60 bits per heavy atom. The van der Waals surface area contributed by atoms with Crippen LogP contribution in [0.3, 0.4) is 0 Å². The summed E-state index contributed by atoms with van der Waals surface area (Å²) in [5.41, 5.74) is 2.67. The third-order valence-electron chi connectivity index (χ3n) is 6.20. The Morgan fingerprint density at radius 2 is 1.90 bits per heavy atom. The smallest absolute Gasteiger partial charge is 0.191 e. The molecule has 2 heterocycles. The van der Waals surface area contributed by atoms with Gasteiger partial charge in [-0.2, -0.15) is 0 Å². The number of likely N-dealkylation sites (tertiary alicyclic amines) is 1. The van der Waals surface area contributed by atoms with E-state index in [0.717, 1.165) is 18.4 Å². The molecular weight excluding hydrogens is 485 g/mol. The first-order chi connectivity index (χ1) is 14.0. The van der Waals surface area contributed by atoms with Crippen LogP contribution in [0.1, 0.15) is 58.1 Å². The van der Waals surface area contributed by atoms with Gasteiger partial charge in [0.05, 0.1) is 6.04 Å². The van der Waals surface area contributed by atoms with E-state index in [-0.39, 0.29) is 30.0 Å². The molecule has 0 aromatic heterocycles. The maximum Gasteiger partial charge on any atom is 0.191 e. The topological polar surface area (TPSA) is 42.9 Å². The summed E-state index contributed by atoms with van der Waals surface area (Å²) >= 11 is 0. The highest BCUT2D eigenvalue weighted by molar-refractivity contribution is 14.0. The SMILES string of the molecule is CN=C(NCC1CCCN(CC(C)C)C1)NC(C)c1cccc(N2CCCC2)c1.I. The molecule has 2 fully saturated rings. The van der Waals surface area contributed by atoms with Crippen molar-refractivity contribution in [3.05, 3.63) is 29.8 Å². The van der Waals surface area contributed by atoms with Gasteiger partial charge in [-0.1, -0.05) is 26.0 Å². The average Bonchev–Trinajstić information content (AvgIpc) is 3.26. The van der Waals surface area contributed by atoms with Crippen LogP contribution in [0, 0.1) is 11.8 Å². The molecule has 6 heteroatoms. The Hall–Kier alpha value is -1.02. The molecule has 0 radical (unpaired) electrons. The van der Waals surface area contributed by atoms with Gasteiger partial charge in [0.25, 0.3) is 0 Å². The molecule has 1 aromatic rings. The predicted octanol–water partition coefficient (Wildman–Crippen LogP) is 4.50. The molecule has 0 amide bonds. The Morgan fingerprint density at radius 1 is 1.13 bits per heavy atom. The summed E-state index contributed by atoms with van der Waals surface area (Å²) in [6, 6.07) is 9.20. The van der Waals surface area contributed by atoms with Crippen molar-refractivity contribution in [3.63, 3.8) is 0 Å². The number of nitrogens with zero attached hydrogens (tertiary/aromatic N) is 3. The van der Waals surface area contributed by atoms with E-state index in [4.69, 9.17) is 0 Å². The number of guanidine groups is 1. The molecule has 2 saturated heterocycles. The highest BCUT2D eigenvalue weighted by Crippen LogP contribution is 2.24. The van der Waals surface area contributed by atoms with Crippen molar-refractivity contribution >= 4 is 35.6 Å². The first-order valence-electron chi connectivity index (χ1n) is 11.6. The zero-order valence-corrected chi connectivity index (χ0v) is 21.7. The molecule has 0 spiro atoms. The molecule has 2 unspecified atom stereocenters. The van der Waals surface area contributed by atoms with E-state index in [1.807, 2.05) is 7.05 Å². The van der Waals surface area contributed by atoms with Gasteiger partial charge in [0.2, 0.25) is 0 Å². The van der Waals surface area contributed by atoms with Gasteiger partial charge in [-0.25, -0.2) is 0 Å². The molecule has 1 aromatic carbocycles. The lowest BCUT2D eigenvalue weighted by Gasteiger charge is -2.34. The second-order valence-corrected chi connectivity index (χ2v) is 9.27. The lowest BCUT2D eigenvalue weighted by Crippen LogP contribution is -2.45. The number of hydrogen-bond acceptors (Lipinski definition) is 3. The molecule has 30 heavy (non-hydrogen) atoms. The number of rotatable bonds is 7. The fourth-order valence-electron chi connectivity index (χ4n) is 4.69. The summed E-state index contributed by atoms with van der Waals surface area (Å²) in [6.07, 6.45) is 5.24. The molecular formula is C24H42IN5. The van der Waals surface area contributed by atoms with Crippen LogP contribution < -0.4 is 15.5 Å². The monoisotopic (exact) mass is 527 g/mol. The lowest BCUT2D eigenvalue weighted by molar-refractivity contribution is 0.159. The molecule has 0 aliphatic carbocycles. The van der Waals surface area contributed by atoms with E-state index in [0.29, 0.717) is 5.92 Å². The van der Waals surface area contributed by atoms with Crippen molar-refractivity contribution in [1.29, 1.82) is 0 Å². The lowest BCUT2D eigenvalue weighted by atomic mass is 9.97. The van der Waals surface area contributed by atoms with E-state index in [1.54, 1.807) is 0 Å². The van der Waals surface area contributed by atoms with Crippen molar-refractivity contribution in [3.8, 4) is 0 Å². The number of halogens is 1. The van der Waals surface area contributed by atoms with Crippen LogP contribution in [0.4, 0.5) is 5.69 Å². The third-order valence-corrected chi connectivity index (χ3v) is 6.20. The summed E-state index contributed by atoms with van der Waals surface area (Å²) in [4.78, 5) is 9.60. The molecule has 0 bridgehead atoms. The van der Waals surface area contributed by atoms with E-state index in [1.165, 1.54) is 69.7 Å². The van der Waals surface area contributed by atoms with Gasteiger partial charge >= 0.3 is 0 Å². The van der Waals surface area contributed by atoms with E-state index in [2.05, 4.69) is 70.5 Å². The van der Waals surface area contributed by atoms with Gasteiger partial charge < -0.3 is 20.4 Å². The second kappa shape index (κ2) is 12.7. The Balaban J connectivity index is 0.00000320. The molecule has 5 nitrogen and oxygen atoms in total. The van der Waals surface area contributed by atoms with Crippen LogP contribution in [0.15, 0.2) is 29.3 Å². The van der Waals surface area contributed by atoms with E-state index < -0.39 is 0 Å². The summed E-state index contributed by atoms with van der Waals surface area (Å²) in [5.74, 6) is 2.35. The molecule has 2 aliphatic rings. The number of nitrogens with one attached hydrogen (secondary N) is 2. The quantitative estimate of drug-likeness (QED) is 0.312. The first kappa shape index (κ1) is 25.2. The zero-order chi connectivity index (χ0) is 20.6. The molecule has 3 rings (SSSR count). The minimum atomic E-state index is 0. The van der Waals surface area contributed by atoms with Crippen LogP contribution in [-0.2, 0) is 0 Å². The maximum absolute atomic E-state index is 4.48. The van der Waals surface area contributed by atoms with Crippen LogP contribution >= 0.6 is 24.0 Å². The first-order valence-corrected chi connectivity index (χ1v) is 11.6. The normalized spacial score (nSPS) is 21.4. The molecule has 170 valence electrons. The minimum Gasteiger partial charge on any atom is -0.372 e.